The zero-order valence-corrected chi connectivity index (χ0v) is 10.1. The van der Waals surface area contributed by atoms with Gasteiger partial charge in [0, 0.05) is 19.3 Å². The lowest BCUT2D eigenvalue weighted by molar-refractivity contribution is 0.562. The highest BCUT2D eigenvalue weighted by molar-refractivity contribution is 5.72. The van der Waals surface area contributed by atoms with Gasteiger partial charge in [0.1, 0.15) is 0 Å². The van der Waals surface area contributed by atoms with Gasteiger partial charge in [0.05, 0.1) is 23.6 Å². The van der Waals surface area contributed by atoms with Gasteiger partial charge in [-0.3, -0.25) is 4.98 Å². The second-order valence-corrected chi connectivity index (χ2v) is 5.03. The van der Waals surface area contributed by atoms with Crippen molar-refractivity contribution < 1.29 is 0 Å². The summed E-state index contributed by atoms with van der Waals surface area (Å²) in [6.07, 6.45) is 4.93. The Hall–Kier alpha value is -2.03. The molecule has 0 spiro atoms. The number of pyridine rings is 1. The van der Waals surface area contributed by atoms with Crippen LogP contribution in [0.5, 0.6) is 0 Å². The number of nitrogens with one attached hydrogen (secondary N) is 1. The monoisotopic (exact) mass is 237 g/mol. The van der Waals surface area contributed by atoms with E-state index >= 15 is 0 Å². The first kappa shape index (κ1) is 9.95. The summed E-state index contributed by atoms with van der Waals surface area (Å²) in [4.78, 5) is 6.70. The molecule has 1 aromatic carbocycles. The lowest BCUT2D eigenvalue weighted by Crippen LogP contribution is -2.47. The van der Waals surface area contributed by atoms with E-state index in [1.807, 2.05) is 12.4 Å². The zero-order valence-electron chi connectivity index (χ0n) is 10.1. The predicted octanol–water partition coefficient (Wildman–Crippen LogP) is 2.44. The first-order chi connectivity index (χ1) is 8.92. The number of rotatable bonds is 0. The summed E-state index contributed by atoms with van der Waals surface area (Å²) in [5.74, 6) is 0. The third-order valence-corrected chi connectivity index (χ3v) is 3.99. The van der Waals surface area contributed by atoms with Crippen molar-refractivity contribution in [3.8, 4) is 0 Å². The summed E-state index contributed by atoms with van der Waals surface area (Å²) in [5.41, 5.74) is 5.40. The summed E-state index contributed by atoms with van der Waals surface area (Å²) in [5, 5.41) is 3.49. The minimum atomic E-state index is 0.565. The molecule has 1 atom stereocenters. The van der Waals surface area contributed by atoms with Gasteiger partial charge in [-0.05, 0) is 23.6 Å². The SMILES string of the molecule is c1ccc2c(c1)CC1CNc3cnccc3N1C2. The fraction of sp³-hybridized carbons (Fsp3) is 0.267. The van der Waals surface area contributed by atoms with Gasteiger partial charge in [-0.2, -0.15) is 0 Å². The minimum absolute atomic E-state index is 0.565. The summed E-state index contributed by atoms with van der Waals surface area (Å²) < 4.78 is 0. The maximum absolute atomic E-state index is 4.19. The van der Waals surface area contributed by atoms with Crippen molar-refractivity contribution in [3.05, 3.63) is 53.9 Å². The van der Waals surface area contributed by atoms with Gasteiger partial charge in [0.25, 0.3) is 0 Å². The molecule has 0 aliphatic carbocycles. The molecule has 3 nitrogen and oxygen atoms in total. The first-order valence-corrected chi connectivity index (χ1v) is 6.43. The largest absolute Gasteiger partial charge is 0.380 e. The lowest BCUT2D eigenvalue weighted by Gasteiger charge is -2.43. The van der Waals surface area contributed by atoms with Gasteiger partial charge in [-0.25, -0.2) is 0 Å². The molecule has 0 amide bonds. The molecule has 1 aromatic heterocycles. The van der Waals surface area contributed by atoms with E-state index in [2.05, 4.69) is 45.5 Å². The molecule has 3 heteroatoms. The van der Waals surface area contributed by atoms with E-state index < -0.39 is 0 Å². The average Bonchev–Trinajstić information content (AvgIpc) is 2.45. The van der Waals surface area contributed by atoms with Crippen molar-refractivity contribution >= 4 is 11.4 Å². The van der Waals surface area contributed by atoms with E-state index in [4.69, 9.17) is 0 Å². The number of hydrogen-bond donors (Lipinski definition) is 1. The van der Waals surface area contributed by atoms with Crippen molar-refractivity contribution in [2.75, 3.05) is 16.8 Å². The fourth-order valence-electron chi connectivity index (χ4n) is 3.05. The van der Waals surface area contributed by atoms with Gasteiger partial charge in [0.15, 0.2) is 0 Å². The van der Waals surface area contributed by atoms with Crippen LogP contribution in [0, 0.1) is 0 Å². The molecule has 0 bridgehead atoms. The summed E-state index contributed by atoms with van der Waals surface area (Å²) in [7, 11) is 0. The number of benzene rings is 1. The molecule has 18 heavy (non-hydrogen) atoms. The van der Waals surface area contributed by atoms with Crippen LogP contribution in [-0.4, -0.2) is 17.6 Å². The van der Waals surface area contributed by atoms with Crippen LogP contribution in [0.15, 0.2) is 42.7 Å². The van der Waals surface area contributed by atoms with Crippen molar-refractivity contribution in [3.63, 3.8) is 0 Å². The van der Waals surface area contributed by atoms with E-state index in [1.54, 1.807) is 0 Å². The first-order valence-electron chi connectivity index (χ1n) is 6.43. The normalized spacial score (nSPS) is 20.4. The quantitative estimate of drug-likeness (QED) is 0.762. The predicted molar refractivity (Wildman–Crippen MR) is 72.8 cm³/mol. The molecule has 1 N–H and O–H groups in total. The third-order valence-electron chi connectivity index (χ3n) is 3.99. The molecule has 2 aliphatic heterocycles. The van der Waals surface area contributed by atoms with E-state index in [0.29, 0.717) is 6.04 Å². The average molecular weight is 237 g/mol. The second kappa shape index (κ2) is 3.73. The summed E-state index contributed by atoms with van der Waals surface area (Å²) >= 11 is 0. The van der Waals surface area contributed by atoms with Crippen LogP contribution in [0.2, 0.25) is 0 Å². The molecule has 2 aliphatic rings. The molecule has 3 heterocycles. The highest BCUT2D eigenvalue weighted by atomic mass is 15.2. The van der Waals surface area contributed by atoms with Gasteiger partial charge >= 0.3 is 0 Å². The van der Waals surface area contributed by atoms with Crippen LogP contribution in [0.1, 0.15) is 11.1 Å². The Bertz CT molecular complexity index is 594. The maximum atomic E-state index is 4.19. The summed E-state index contributed by atoms with van der Waals surface area (Å²) in [6, 6.07) is 11.5. The molecule has 0 fully saturated rings. The number of fused-ring (bicyclic) bond motifs is 4. The van der Waals surface area contributed by atoms with Crippen LogP contribution in [-0.2, 0) is 13.0 Å². The Morgan fingerprint density at radius 3 is 3.00 bits per heavy atom. The van der Waals surface area contributed by atoms with Crippen LogP contribution >= 0.6 is 0 Å². The molecule has 0 radical (unpaired) electrons. The molecular formula is C15H15N3. The number of hydrogen-bond acceptors (Lipinski definition) is 3. The molecule has 2 aromatic rings. The molecule has 1 unspecified atom stereocenters. The van der Waals surface area contributed by atoms with Crippen LogP contribution < -0.4 is 10.2 Å². The van der Waals surface area contributed by atoms with E-state index in [-0.39, 0.29) is 0 Å². The Kier molecular flexibility index (Phi) is 2.06. The minimum Gasteiger partial charge on any atom is -0.380 e. The number of anilines is 2. The Labute approximate surface area is 106 Å². The summed E-state index contributed by atoms with van der Waals surface area (Å²) in [6.45, 7) is 2.02. The van der Waals surface area contributed by atoms with Gasteiger partial charge in [-0.1, -0.05) is 24.3 Å². The van der Waals surface area contributed by atoms with Crippen molar-refractivity contribution in [1.29, 1.82) is 0 Å². The highest BCUT2D eigenvalue weighted by Crippen LogP contribution is 2.35. The number of aromatic nitrogens is 1. The molecular weight excluding hydrogens is 222 g/mol. The molecule has 0 saturated carbocycles. The van der Waals surface area contributed by atoms with Crippen molar-refractivity contribution in [2.24, 2.45) is 0 Å². The second-order valence-electron chi connectivity index (χ2n) is 5.03. The number of nitrogens with zero attached hydrogens (tertiary/aromatic N) is 2. The Morgan fingerprint density at radius 1 is 1.17 bits per heavy atom. The molecule has 90 valence electrons. The van der Waals surface area contributed by atoms with E-state index in [0.717, 1.165) is 25.2 Å². The standard InChI is InChI=1S/C15H15N3/c1-2-4-12-10-18-13(7-11(12)3-1)8-17-14-9-16-6-5-15(14)18/h1-6,9,13,17H,7-8,10H2. The van der Waals surface area contributed by atoms with Gasteiger partial charge in [0.2, 0.25) is 0 Å². The maximum Gasteiger partial charge on any atom is 0.0765 e. The highest BCUT2D eigenvalue weighted by Gasteiger charge is 2.30. The Balaban J connectivity index is 1.79. The van der Waals surface area contributed by atoms with Crippen molar-refractivity contribution in [1.82, 2.24) is 4.98 Å². The zero-order chi connectivity index (χ0) is 11.9. The topological polar surface area (TPSA) is 28.2 Å². The Morgan fingerprint density at radius 2 is 2.06 bits per heavy atom. The van der Waals surface area contributed by atoms with Crippen LogP contribution in [0.4, 0.5) is 11.4 Å². The van der Waals surface area contributed by atoms with E-state index in [1.165, 1.54) is 16.8 Å². The molecule has 0 saturated heterocycles. The smallest absolute Gasteiger partial charge is 0.0765 e. The fourth-order valence-corrected chi connectivity index (χ4v) is 3.05. The van der Waals surface area contributed by atoms with E-state index in [9.17, 15) is 0 Å². The van der Waals surface area contributed by atoms with Gasteiger partial charge in [-0.15, -0.1) is 0 Å². The van der Waals surface area contributed by atoms with Crippen molar-refractivity contribution in [2.45, 2.75) is 19.0 Å². The molecule has 4 rings (SSSR count). The van der Waals surface area contributed by atoms with Gasteiger partial charge < -0.3 is 10.2 Å². The van der Waals surface area contributed by atoms with Crippen LogP contribution in [0.25, 0.3) is 0 Å². The lowest BCUT2D eigenvalue weighted by atomic mass is 9.92. The van der Waals surface area contributed by atoms with Crippen LogP contribution in [0.3, 0.4) is 0 Å². The third kappa shape index (κ3) is 1.40.